The van der Waals surface area contributed by atoms with Gasteiger partial charge in [0.1, 0.15) is 0 Å². The minimum atomic E-state index is 0.314. The number of nitrogens with zero attached hydrogens (tertiary/aromatic N) is 1. The van der Waals surface area contributed by atoms with Crippen LogP contribution in [0.2, 0.25) is 0 Å². The fraction of sp³-hybridized carbons (Fsp3) is 0.933. The van der Waals surface area contributed by atoms with E-state index in [2.05, 4.69) is 11.8 Å². The number of rotatable bonds is 3. The molecule has 1 amide bonds. The lowest BCUT2D eigenvalue weighted by Gasteiger charge is -2.38. The van der Waals surface area contributed by atoms with Crippen LogP contribution in [0.4, 0.5) is 0 Å². The molecule has 0 aromatic rings. The predicted molar refractivity (Wildman–Crippen MR) is 74.2 cm³/mol. The molecule has 2 rings (SSSR count). The predicted octanol–water partition coefficient (Wildman–Crippen LogP) is 2.69. The minimum Gasteiger partial charge on any atom is -0.340 e. The van der Waals surface area contributed by atoms with Crippen LogP contribution < -0.4 is 5.73 Å². The summed E-state index contributed by atoms with van der Waals surface area (Å²) in [5, 5.41) is 0. The van der Waals surface area contributed by atoms with Crippen LogP contribution in [0.1, 0.15) is 64.7 Å². The van der Waals surface area contributed by atoms with E-state index in [4.69, 9.17) is 5.73 Å². The SMILES string of the molecule is CCN(C(=O)C1CCCCC1)C1CCC(N)CC1. The van der Waals surface area contributed by atoms with Crippen molar-refractivity contribution >= 4 is 5.91 Å². The summed E-state index contributed by atoms with van der Waals surface area (Å²) in [5.74, 6) is 0.743. The van der Waals surface area contributed by atoms with E-state index < -0.39 is 0 Å². The maximum Gasteiger partial charge on any atom is 0.225 e. The van der Waals surface area contributed by atoms with E-state index in [1.54, 1.807) is 0 Å². The van der Waals surface area contributed by atoms with Crippen molar-refractivity contribution in [2.24, 2.45) is 11.7 Å². The molecule has 0 aliphatic heterocycles. The van der Waals surface area contributed by atoms with Crippen LogP contribution in [0.25, 0.3) is 0 Å². The molecular formula is C15H28N2O. The highest BCUT2D eigenvalue weighted by molar-refractivity contribution is 5.79. The Morgan fingerprint density at radius 2 is 1.67 bits per heavy atom. The minimum absolute atomic E-state index is 0.314. The van der Waals surface area contributed by atoms with E-state index in [-0.39, 0.29) is 0 Å². The fourth-order valence-electron chi connectivity index (χ4n) is 3.59. The Balaban J connectivity index is 1.92. The van der Waals surface area contributed by atoms with E-state index in [1.807, 2.05) is 0 Å². The molecule has 3 heteroatoms. The molecular weight excluding hydrogens is 224 g/mol. The van der Waals surface area contributed by atoms with Crippen LogP contribution in [0.5, 0.6) is 0 Å². The Morgan fingerprint density at radius 3 is 2.22 bits per heavy atom. The molecule has 0 aromatic heterocycles. The van der Waals surface area contributed by atoms with Crippen molar-refractivity contribution in [3.8, 4) is 0 Å². The summed E-state index contributed by atoms with van der Waals surface area (Å²) in [7, 11) is 0. The lowest BCUT2D eigenvalue weighted by Crippen LogP contribution is -2.46. The summed E-state index contributed by atoms with van der Waals surface area (Å²) >= 11 is 0. The van der Waals surface area contributed by atoms with Crippen LogP contribution in [0.15, 0.2) is 0 Å². The Kier molecular flexibility index (Phi) is 5.04. The van der Waals surface area contributed by atoms with Gasteiger partial charge in [0.05, 0.1) is 0 Å². The van der Waals surface area contributed by atoms with E-state index in [0.717, 1.165) is 45.1 Å². The number of carbonyl (C=O) groups is 1. The molecule has 2 N–H and O–H groups in total. The molecule has 2 aliphatic rings. The summed E-state index contributed by atoms with van der Waals surface area (Å²) in [5.41, 5.74) is 5.95. The summed E-state index contributed by atoms with van der Waals surface area (Å²) < 4.78 is 0. The van der Waals surface area contributed by atoms with E-state index in [0.29, 0.717) is 23.9 Å². The average Bonchev–Trinajstić information content (AvgIpc) is 2.42. The molecule has 0 saturated heterocycles. The lowest BCUT2D eigenvalue weighted by atomic mass is 9.86. The number of carbonyl (C=O) groups excluding carboxylic acids is 1. The summed E-state index contributed by atoms with van der Waals surface area (Å²) in [6, 6.07) is 0.828. The number of hydrogen-bond acceptors (Lipinski definition) is 2. The number of amides is 1. The monoisotopic (exact) mass is 252 g/mol. The normalized spacial score (nSPS) is 30.1. The average molecular weight is 252 g/mol. The first-order valence-electron chi connectivity index (χ1n) is 7.78. The van der Waals surface area contributed by atoms with Gasteiger partial charge < -0.3 is 10.6 Å². The molecule has 3 nitrogen and oxygen atoms in total. The molecule has 2 aliphatic carbocycles. The van der Waals surface area contributed by atoms with Crippen molar-refractivity contribution in [1.82, 2.24) is 4.90 Å². The molecule has 2 fully saturated rings. The fourth-order valence-corrected chi connectivity index (χ4v) is 3.59. The largest absolute Gasteiger partial charge is 0.340 e. The second-order valence-corrected chi connectivity index (χ2v) is 6.03. The van der Waals surface area contributed by atoms with Gasteiger partial charge in [0.15, 0.2) is 0 Å². The zero-order valence-electron chi connectivity index (χ0n) is 11.7. The molecule has 0 radical (unpaired) electrons. The zero-order valence-corrected chi connectivity index (χ0v) is 11.7. The van der Waals surface area contributed by atoms with Gasteiger partial charge in [-0.25, -0.2) is 0 Å². The molecule has 104 valence electrons. The van der Waals surface area contributed by atoms with Crippen molar-refractivity contribution in [3.63, 3.8) is 0 Å². The third-order valence-electron chi connectivity index (χ3n) is 4.76. The van der Waals surface area contributed by atoms with Crippen molar-refractivity contribution in [1.29, 1.82) is 0 Å². The maximum atomic E-state index is 12.6. The highest BCUT2D eigenvalue weighted by Gasteiger charge is 2.31. The molecule has 0 spiro atoms. The van der Waals surface area contributed by atoms with Gasteiger partial charge in [-0.1, -0.05) is 19.3 Å². The van der Waals surface area contributed by atoms with Crippen LogP contribution in [-0.4, -0.2) is 29.4 Å². The van der Waals surface area contributed by atoms with Gasteiger partial charge in [0.2, 0.25) is 5.91 Å². The van der Waals surface area contributed by atoms with Gasteiger partial charge in [0, 0.05) is 24.5 Å². The standard InChI is InChI=1S/C15H28N2O/c1-2-17(14-10-8-13(16)9-11-14)15(18)12-6-4-3-5-7-12/h12-14H,2-11,16H2,1H3. The molecule has 18 heavy (non-hydrogen) atoms. The van der Waals surface area contributed by atoms with Crippen molar-refractivity contribution < 1.29 is 4.79 Å². The van der Waals surface area contributed by atoms with Crippen LogP contribution in [-0.2, 0) is 4.79 Å². The van der Waals surface area contributed by atoms with Crippen molar-refractivity contribution in [2.45, 2.75) is 76.8 Å². The zero-order chi connectivity index (χ0) is 13.0. The Labute approximate surface area is 111 Å². The second kappa shape index (κ2) is 6.55. The maximum absolute atomic E-state index is 12.6. The topological polar surface area (TPSA) is 46.3 Å². The van der Waals surface area contributed by atoms with Gasteiger partial charge >= 0.3 is 0 Å². The number of hydrogen-bond donors (Lipinski definition) is 1. The van der Waals surface area contributed by atoms with Crippen molar-refractivity contribution in [3.05, 3.63) is 0 Å². The Bertz CT molecular complexity index is 266. The van der Waals surface area contributed by atoms with E-state index in [9.17, 15) is 4.79 Å². The molecule has 0 heterocycles. The van der Waals surface area contributed by atoms with Gasteiger partial charge in [-0.05, 0) is 45.4 Å². The summed E-state index contributed by atoms with van der Waals surface area (Å²) in [6.45, 7) is 2.99. The first-order valence-corrected chi connectivity index (χ1v) is 7.78. The van der Waals surface area contributed by atoms with E-state index >= 15 is 0 Å². The van der Waals surface area contributed by atoms with E-state index in [1.165, 1.54) is 19.3 Å². The first-order chi connectivity index (χ1) is 8.72. The van der Waals surface area contributed by atoms with Gasteiger partial charge in [0.25, 0.3) is 0 Å². The summed E-state index contributed by atoms with van der Waals surface area (Å²) in [6.07, 6.45) is 10.4. The highest BCUT2D eigenvalue weighted by atomic mass is 16.2. The Morgan fingerprint density at radius 1 is 1.06 bits per heavy atom. The third-order valence-corrected chi connectivity index (χ3v) is 4.76. The number of nitrogens with two attached hydrogens (primary N) is 1. The van der Waals surface area contributed by atoms with Crippen LogP contribution in [0.3, 0.4) is 0 Å². The highest BCUT2D eigenvalue weighted by Crippen LogP contribution is 2.29. The van der Waals surface area contributed by atoms with Gasteiger partial charge in [-0.15, -0.1) is 0 Å². The van der Waals surface area contributed by atoms with Gasteiger partial charge in [-0.2, -0.15) is 0 Å². The molecule has 0 aromatic carbocycles. The molecule has 0 bridgehead atoms. The second-order valence-electron chi connectivity index (χ2n) is 6.03. The lowest BCUT2D eigenvalue weighted by molar-refractivity contribution is -0.139. The summed E-state index contributed by atoms with van der Waals surface area (Å²) in [4.78, 5) is 14.8. The van der Waals surface area contributed by atoms with Crippen LogP contribution in [0, 0.1) is 5.92 Å². The third kappa shape index (κ3) is 3.25. The molecule has 2 saturated carbocycles. The Hall–Kier alpha value is -0.570. The smallest absolute Gasteiger partial charge is 0.225 e. The molecule has 0 unspecified atom stereocenters. The first kappa shape index (κ1) is 13.9. The molecule has 0 atom stereocenters. The quantitative estimate of drug-likeness (QED) is 0.839. The van der Waals surface area contributed by atoms with Gasteiger partial charge in [-0.3, -0.25) is 4.79 Å². The van der Waals surface area contributed by atoms with Crippen LogP contribution >= 0.6 is 0 Å². The van der Waals surface area contributed by atoms with Crippen molar-refractivity contribution in [2.75, 3.05) is 6.54 Å².